The number of hydrogen-bond acceptors (Lipinski definition) is 4. The third-order valence-corrected chi connectivity index (χ3v) is 2.67. The number of ether oxygens (including phenoxy) is 1. The first-order chi connectivity index (χ1) is 7.29. The Morgan fingerprint density at radius 1 is 1.67 bits per heavy atom. The van der Waals surface area contributed by atoms with Crippen molar-refractivity contribution in [1.29, 1.82) is 0 Å². The van der Waals surface area contributed by atoms with E-state index >= 15 is 0 Å². The summed E-state index contributed by atoms with van der Waals surface area (Å²) in [6.07, 6.45) is 1.91. The molecule has 5 nitrogen and oxygen atoms in total. The van der Waals surface area contributed by atoms with Gasteiger partial charge in [-0.05, 0) is 12.8 Å². The Morgan fingerprint density at radius 3 is 3.13 bits per heavy atom. The summed E-state index contributed by atoms with van der Waals surface area (Å²) in [7, 11) is 1.63. The number of methoxy groups -OCH3 is 1. The zero-order valence-corrected chi connectivity index (χ0v) is 9.24. The Bertz CT molecular complexity index is 199. The van der Waals surface area contributed by atoms with Gasteiger partial charge in [-0.25, -0.2) is 0 Å². The topological polar surface area (TPSA) is 61.8 Å². The number of rotatable bonds is 6. The molecule has 1 rings (SSSR count). The Labute approximate surface area is 90.4 Å². The molecule has 1 aliphatic heterocycles. The van der Waals surface area contributed by atoms with Crippen molar-refractivity contribution in [3.05, 3.63) is 0 Å². The Kier molecular flexibility index (Phi) is 5.60. The van der Waals surface area contributed by atoms with E-state index in [0.29, 0.717) is 19.7 Å². The summed E-state index contributed by atoms with van der Waals surface area (Å²) in [6, 6.07) is 0.0294. The van der Waals surface area contributed by atoms with Gasteiger partial charge in [0.25, 0.3) is 0 Å². The molecule has 0 saturated carbocycles. The smallest absolute Gasteiger partial charge is 0.236 e. The second kappa shape index (κ2) is 6.76. The molecular weight excluding hydrogens is 196 g/mol. The highest BCUT2D eigenvalue weighted by Gasteiger charge is 2.27. The van der Waals surface area contributed by atoms with Crippen LogP contribution in [-0.2, 0) is 9.53 Å². The van der Waals surface area contributed by atoms with Crippen molar-refractivity contribution in [2.24, 2.45) is 0 Å². The number of aliphatic hydroxyl groups is 1. The van der Waals surface area contributed by atoms with E-state index < -0.39 is 0 Å². The van der Waals surface area contributed by atoms with Crippen molar-refractivity contribution in [3.63, 3.8) is 0 Å². The molecule has 0 aromatic carbocycles. The quantitative estimate of drug-likeness (QED) is 0.571. The van der Waals surface area contributed by atoms with Crippen molar-refractivity contribution in [2.45, 2.75) is 18.9 Å². The fourth-order valence-electron chi connectivity index (χ4n) is 1.82. The summed E-state index contributed by atoms with van der Waals surface area (Å²) < 4.78 is 4.86. The fraction of sp³-hybridized carbons (Fsp3) is 0.900. The van der Waals surface area contributed by atoms with Gasteiger partial charge in [0.05, 0.1) is 25.8 Å². The lowest BCUT2D eigenvalue weighted by Crippen LogP contribution is -2.43. The number of likely N-dealkylation sites (tertiary alicyclic amines) is 1. The SMILES string of the molecule is COCCNCC(=O)N1CCC[C@H]1CO. The van der Waals surface area contributed by atoms with Crippen LogP contribution in [0.3, 0.4) is 0 Å². The lowest BCUT2D eigenvalue weighted by Gasteiger charge is -2.23. The number of amides is 1. The number of carbonyl (C=O) groups excluding carboxylic acids is 1. The second-order valence-electron chi connectivity index (χ2n) is 3.74. The summed E-state index contributed by atoms with van der Waals surface area (Å²) in [5.74, 6) is 0.0719. The summed E-state index contributed by atoms with van der Waals surface area (Å²) in [5, 5.41) is 12.1. The average Bonchev–Trinajstić information content (AvgIpc) is 2.72. The Morgan fingerprint density at radius 2 is 2.47 bits per heavy atom. The van der Waals surface area contributed by atoms with E-state index in [1.807, 2.05) is 0 Å². The minimum atomic E-state index is 0.0294. The maximum Gasteiger partial charge on any atom is 0.236 e. The van der Waals surface area contributed by atoms with Crippen LogP contribution in [0.2, 0.25) is 0 Å². The number of nitrogens with one attached hydrogen (secondary N) is 1. The van der Waals surface area contributed by atoms with Gasteiger partial charge in [0, 0.05) is 20.2 Å². The van der Waals surface area contributed by atoms with Gasteiger partial charge < -0.3 is 20.1 Å². The number of carbonyl (C=O) groups is 1. The van der Waals surface area contributed by atoms with E-state index in [-0.39, 0.29) is 18.6 Å². The predicted octanol–water partition coefficient (Wildman–Crippen LogP) is -0.794. The molecule has 0 aliphatic carbocycles. The first-order valence-electron chi connectivity index (χ1n) is 5.39. The third-order valence-electron chi connectivity index (χ3n) is 2.67. The molecule has 1 fully saturated rings. The van der Waals surface area contributed by atoms with Crippen LogP contribution in [0.15, 0.2) is 0 Å². The van der Waals surface area contributed by atoms with Crippen LogP contribution in [0.25, 0.3) is 0 Å². The van der Waals surface area contributed by atoms with Crippen molar-refractivity contribution >= 4 is 5.91 Å². The van der Waals surface area contributed by atoms with E-state index in [1.165, 1.54) is 0 Å². The molecule has 1 amide bonds. The summed E-state index contributed by atoms with van der Waals surface area (Å²) in [6.45, 7) is 2.47. The van der Waals surface area contributed by atoms with Gasteiger partial charge in [0.2, 0.25) is 5.91 Å². The highest BCUT2D eigenvalue weighted by Crippen LogP contribution is 2.16. The van der Waals surface area contributed by atoms with Gasteiger partial charge in [-0.1, -0.05) is 0 Å². The third kappa shape index (κ3) is 3.77. The van der Waals surface area contributed by atoms with Gasteiger partial charge in [-0.2, -0.15) is 0 Å². The summed E-state index contributed by atoms with van der Waals surface area (Å²) in [5.41, 5.74) is 0. The second-order valence-corrected chi connectivity index (χ2v) is 3.74. The molecule has 1 saturated heterocycles. The van der Waals surface area contributed by atoms with Crippen LogP contribution in [0.1, 0.15) is 12.8 Å². The monoisotopic (exact) mass is 216 g/mol. The molecule has 0 aromatic rings. The first-order valence-corrected chi connectivity index (χ1v) is 5.39. The summed E-state index contributed by atoms with van der Waals surface area (Å²) >= 11 is 0. The normalized spacial score (nSPS) is 20.9. The van der Waals surface area contributed by atoms with Crippen molar-refractivity contribution < 1.29 is 14.6 Å². The van der Waals surface area contributed by atoms with Crippen molar-refractivity contribution in [3.8, 4) is 0 Å². The van der Waals surface area contributed by atoms with E-state index in [2.05, 4.69) is 5.32 Å². The molecule has 0 aromatic heterocycles. The van der Waals surface area contributed by atoms with E-state index in [1.54, 1.807) is 12.0 Å². The molecule has 1 heterocycles. The molecule has 0 radical (unpaired) electrons. The Balaban J connectivity index is 2.21. The maximum absolute atomic E-state index is 11.7. The maximum atomic E-state index is 11.7. The van der Waals surface area contributed by atoms with Gasteiger partial charge in [0.1, 0.15) is 0 Å². The molecule has 88 valence electrons. The lowest BCUT2D eigenvalue weighted by molar-refractivity contribution is -0.131. The van der Waals surface area contributed by atoms with Crippen molar-refractivity contribution in [2.75, 3.05) is 40.0 Å². The molecular formula is C10H20N2O3. The summed E-state index contributed by atoms with van der Waals surface area (Å²) in [4.78, 5) is 13.5. The van der Waals surface area contributed by atoms with Crippen LogP contribution >= 0.6 is 0 Å². The molecule has 1 aliphatic rings. The highest BCUT2D eigenvalue weighted by molar-refractivity contribution is 5.78. The van der Waals surface area contributed by atoms with Crippen LogP contribution in [0, 0.1) is 0 Å². The number of hydrogen-bond donors (Lipinski definition) is 2. The molecule has 1 atom stereocenters. The van der Waals surface area contributed by atoms with Crippen LogP contribution < -0.4 is 5.32 Å². The minimum absolute atomic E-state index is 0.0294. The predicted molar refractivity (Wildman–Crippen MR) is 56.6 cm³/mol. The zero-order valence-electron chi connectivity index (χ0n) is 9.24. The van der Waals surface area contributed by atoms with E-state index in [9.17, 15) is 4.79 Å². The van der Waals surface area contributed by atoms with E-state index in [4.69, 9.17) is 9.84 Å². The molecule has 5 heteroatoms. The number of aliphatic hydroxyl groups excluding tert-OH is 1. The lowest BCUT2D eigenvalue weighted by atomic mass is 10.2. The van der Waals surface area contributed by atoms with Crippen LogP contribution in [0.4, 0.5) is 0 Å². The van der Waals surface area contributed by atoms with Gasteiger partial charge in [-0.3, -0.25) is 4.79 Å². The first kappa shape index (κ1) is 12.4. The van der Waals surface area contributed by atoms with Crippen molar-refractivity contribution in [1.82, 2.24) is 10.2 Å². The largest absolute Gasteiger partial charge is 0.394 e. The van der Waals surface area contributed by atoms with E-state index in [0.717, 1.165) is 19.4 Å². The minimum Gasteiger partial charge on any atom is -0.394 e. The zero-order chi connectivity index (χ0) is 11.1. The van der Waals surface area contributed by atoms with Gasteiger partial charge >= 0.3 is 0 Å². The Hall–Kier alpha value is -0.650. The molecule has 15 heavy (non-hydrogen) atoms. The van der Waals surface area contributed by atoms with Crippen LogP contribution in [-0.4, -0.2) is 61.9 Å². The van der Waals surface area contributed by atoms with Gasteiger partial charge in [0.15, 0.2) is 0 Å². The standard InChI is InChI=1S/C10H20N2O3/c1-15-6-4-11-7-10(14)12-5-2-3-9(12)8-13/h9,11,13H,2-8H2,1H3/t9-/m0/s1. The molecule has 0 bridgehead atoms. The molecule has 0 unspecified atom stereocenters. The fourth-order valence-corrected chi connectivity index (χ4v) is 1.82. The average molecular weight is 216 g/mol. The van der Waals surface area contributed by atoms with Gasteiger partial charge in [-0.15, -0.1) is 0 Å². The molecule has 2 N–H and O–H groups in total. The highest BCUT2D eigenvalue weighted by atomic mass is 16.5. The molecule has 0 spiro atoms. The van der Waals surface area contributed by atoms with Crippen LogP contribution in [0.5, 0.6) is 0 Å². The number of nitrogens with zero attached hydrogens (tertiary/aromatic N) is 1.